The summed E-state index contributed by atoms with van der Waals surface area (Å²) in [6.45, 7) is 2.17. The van der Waals surface area contributed by atoms with Gasteiger partial charge in [0.15, 0.2) is 0 Å². The summed E-state index contributed by atoms with van der Waals surface area (Å²) in [7, 11) is 0. The van der Waals surface area contributed by atoms with Gasteiger partial charge in [-0.05, 0) is 53.1 Å². The molecule has 0 fully saturated rings. The van der Waals surface area contributed by atoms with E-state index in [0.717, 1.165) is 6.42 Å². The van der Waals surface area contributed by atoms with Gasteiger partial charge < -0.3 is 4.74 Å². The predicted molar refractivity (Wildman–Crippen MR) is 69.4 cm³/mol. The summed E-state index contributed by atoms with van der Waals surface area (Å²) in [5, 5.41) is 0. The van der Waals surface area contributed by atoms with Crippen LogP contribution in [0.15, 0.2) is 24.3 Å². The molecule has 3 heteroatoms. The molecule has 0 radical (unpaired) electrons. The second-order valence-electron chi connectivity index (χ2n) is 3.34. The van der Waals surface area contributed by atoms with E-state index in [9.17, 15) is 4.79 Å². The Balaban J connectivity index is 2.59. The number of carbonyl (C=O) groups excluding carboxylic acids is 1. The Bertz CT molecular complexity index is 306. The van der Waals surface area contributed by atoms with Crippen LogP contribution in [0.2, 0.25) is 0 Å². The summed E-state index contributed by atoms with van der Waals surface area (Å²) in [6.07, 6.45) is 3.47. The van der Waals surface area contributed by atoms with Crippen molar-refractivity contribution in [2.24, 2.45) is 0 Å². The summed E-state index contributed by atoms with van der Waals surface area (Å²) >= 11 is 2.01. The second kappa shape index (κ2) is 6.82. The Morgan fingerprint density at radius 3 is 2.53 bits per heavy atom. The molecule has 0 aliphatic carbocycles. The van der Waals surface area contributed by atoms with Crippen LogP contribution in [-0.2, 0) is 11.2 Å². The molecule has 15 heavy (non-hydrogen) atoms. The van der Waals surface area contributed by atoms with Crippen molar-refractivity contribution in [3.8, 4) is 0 Å². The van der Waals surface area contributed by atoms with E-state index in [-0.39, 0.29) is 5.97 Å². The van der Waals surface area contributed by atoms with E-state index in [1.165, 1.54) is 18.4 Å². The van der Waals surface area contributed by atoms with Crippen molar-refractivity contribution >= 4 is 28.6 Å². The molecule has 0 aromatic heterocycles. The maximum atomic E-state index is 11.3. The Morgan fingerprint density at radius 1 is 1.33 bits per heavy atom. The van der Waals surface area contributed by atoms with Gasteiger partial charge in [-0.15, -0.1) is 0 Å². The van der Waals surface area contributed by atoms with Crippen LogP contribution in [0.1, 0.15) is 35.7 Å². The first-order valence-electron chi connectivity index (χ1n) is 5.10. The van der Waals surface area contributed by atoms with Crippen LogP contribution in [0.4, 0.5) is 0 Å². The van der Waals surface area contributed by atoms with Crippen LogP contribution in [0.25, 0.3) is 0 Å². The standard InChI is InChI=1S/C12H15IO2/c1-2-3-4-10-5-7-11(8-6-10)12(14)15-9-13/h5-8H,2-4,9H2,1H3. The molecule has 1 aromatic rings. The molecule has 2 nitrogen and oxygen atoms in total. The molecule has 0 bridgehead atoms. The van der Waals surface area contributed by atoms with Crippen molar-refractivity contribution < 1.29 is 9.53 Å². The summed E-state index contributed by atoms with van der Waals surface area (Å²) in [5.41, 5.74) is 1.91. The van der Waals surface area contributed by atoms with E-state index < -0.39 is 0 Å². The lowest BCUT2D eigenvalue weighted by atomic mass is 10.1. The summed E-state index contributed by atoms with van der Waals surface area (Å²) in [4.78, 5) is 11.3. The number of halogens is 1. The van der Waals surface area contributed by atoms with Gasteiger partial charge in [0, 0.05) is 0 Å². The van der Waals surface area contributed by atoms with Crippen molar-refractivity contribution in [1.29, 1.82) is 0 Å². The Morgan fingerprint density at radius 2 is 2.00 bits per heavy atom. The average Bonchev–Trinajstić information content (AvgIpc) is 2.27. The highest BCUT2D eigenvalue weighted by Crippen LogP contribution is 2.09. The molecule has 0 aliphatic rings. The first-order valence-corrected chi connectivity index (χ1v) is 6.62. The number of hydrogen-bond acceptors (Lipinski definition) is 2. The zero-order chi connectivity index (χ0) is 11.1. The highest BCUT2D eigenvalue weighted by Gasteiger charge is 2.05. The fourth-order valence-corrected chi connectivity index (χ4v) is 1.60. The molecule has 0 heterocycles. The van der Waals surface area contributed by atoms with E-state index in [1.807, 2.05) is 46.9 Å². The van der Waals surface area contributed by atoms with Crippen molar-refractivity contribution in [3.05, 3.63) is 35.4 Å². The fraction of sp³-hybridized carbons (Fsp3) is 0.417. The molecule has 0 saturated carbocycles. The van der Waals surface area contributed by atoms with Gasteiger partial charge in [-0.1, -0.05) is 25.5 Å². The molecular formula is C12H15IO2. The molecule has 0 unspecified atom stereocenters. The molecular weight excluding hydrogens is 303 g/mol. The molecule has 0 saturated heterocycles. The zero-order valence-electron chi connectivity index (χ0n) is 8.83. The van der Waals surface area contributed by atoms with Gasteiger partial charge in [0.2, 0.25) is 0 Å². The van der Waals surface area contributed by atoms with Crippen LogP contribution < -0.4 is 0 Å². The molecule has 1 rings (SSSR count). The number of aryl methyl sites for hydroxylation is 1. The van der Waals surface area contributed by atoms with Gasteiger partial charge in [-0.2, -0.15) is 0 Å². The zero-order valence-corrected chi connectivity index (χ0v) is 11.0. The Labute approximate surface area is 104 Å². The quantitative estimate of drug-likeness (QED) is 0.471. The molecule has 0 N–H and O–H groups in total. The van der Waals surface area contributed by atoms with Crippen molar-refractivity contribution in [1.82, 2.24) is 0 Å². The van der Waals surface area contributed by atoms with Crippen molar-refractivity contribution in [2.75, 3.05) is 4.61 Å². The van der Waals surface area contributed by atoms with Gasteiger partial charge in [-0.25, -0.2) is 4.79 Å². The lowest BCUT2D eigenvalue weighted by Crippen LogP contribution is -2.03. The third kappa shape index (κ3) is 4.20. The minimum absolute atomic E-state index is 0.244. The molecule has 82 valence electrons. The van der Waals surface area contributed by atoms with Crippen LogP contribution in [0.3, 0.4) is 0 Å². The summed E-state index contributed by atoms with van der Waals surface area (Å²) in [5.74, 6) is -0.244. The second-order valence-corrected chi connectivity index (χ2v) is 3.96. The minimum Gasteiger partial charge on any atom is -0.451 e. The molecule has 1 aromatic carbocycles. The van der Waals surface area contributed by atoms with Crippen LogP contribution >= 0.6 is 22.6 Å². The van der Waals surface area contributed by atoms with Crippen LogP contribution in [0.5, 0.6) is 0 Å². The summed E-state index contributed by atoms with van der Waals surface area (Å²) < 4.78 is 5.29. The number of ether oxygens (including phenoxy) is 1. The topological polar surface area (TPSA) is 26.3 Å². The molecule has 0 spiro atoms. The number of unbranched alkanes of at least 4 members (excludes halogenated alkanes) is 1. The number of rotatable bonds is 5. The van der Waals surface area contributed by atoms with Crippen molar-refractivity contribution in [3.63, 3.8) is 0 Å². The van der Waals surface area contributed by atoms with E-state index in [0.29, 0.717) is 10.2 Å². The average molecular weight is 318 g/mol. The van der Waals surface area contributed by atoms with Gasteiger partial charge in [0.25, 0.3) is 0 Å². The van der Waals surface area contributed by atoms with Crippen LogP contribution in [0, 0.1) is 0 Å². The van der Waals surface area contributed by atoms with E-state index in [4.69, 9.17) is 4.74 Å². The maximum absolute atomic E-state index is 11.3. The lowest BCUT2D eigenvalue weighted by molar-refractivity contribution is 0.0590. The maximum Gasteiger partial charge on any atom is 0.338 e. The minimum atomic E-state index is -0.244. The third-order valence-electron chi connectivity index (χ3n) is 2.19. The highest BCUT2D eigenvalue weighted by atomic mass is 127. The van der Waals surface area contributed by atoms with E-state index in [1.54, 1.807) is 0 Å². The SMILES string of the molecule is CCCCc1ccc(C(=O)OCI)cc1. The van der Waals surface area contributed by atoms with E-state index >= 15 is 0 Å². The molecule has 0 aliphatic heterocycles. The number of alkyl halides is 1. The number of hydrogen-bond donors (Lipinski definition) is 0. The van der Waals surface area contributed by atoms with Gasteiger partial charge >= 0.3 is 5.97 Å². The smallest absolute Gasteiger partial charge is 0.338 e. The highest BCUT2D eigenvalue weighted by molar-refractivity contribution is 14.1. The predicted octanol–water partition coefficient (Wildman–Crippen LogP) is 3.58. The lowest BCUT2D eigenvalue weighted by Gasteiger charge is -2.03. The number of carbonyl (C=O) groups is 1. The van der Waals surface area contributed by atoms with Gasteiger partial charge in [0.1, 0.15) is 4.61 Å². The number of esters is 1. The normalized spacial score (nSPS) is 10.0. The monoisotopic (exact) mass is 318 g/mol. The molecule has 0 atom stereocenters. The fourth-order valence-electron chi connectivity index (χ4n) is 1.32. The largest absolute Gasteiger partial charge is 0.451 e. The van der Waals surface area contributed by atoms with E-state index in [2.05, 4.69) is 6.92 Å². The number of benzene rings is 1. The third-order valence-corrected chi connectivity index (χ3v) is 2.51. The first kappa shape index (κ1) is 12.5. The Kier molecular flexibility index (Phi) is 5.68. The van der Waals surface area contributed by atoms with Crippen molar-refractivity contribution in [2.45, 2.75) is 26.2 Å². The van der Waals surface area contributed by atoms with Gasteiger partial charge in [0.05, 0.1) is 5.56 Å². The van der Waals surface area contributed by atoms with Gasteiger partial charge in [-0.3, -0.25) is 0 Å². The Hall–Kier alpha value is -0.580. The molecule has 0 amide bonds. The van der Waals surface area contributed by atoms with Crippen LogP contribution in [-0.4, -0.2) is 10.6 Å². The first-order chi connectivity index (χ1) is 7.27. The summed E-state index contributed by atoms with van der Waals surface area (Å²) in [6, 6.07) is 7.66.